The van der Waals surface area contributed by atoms with Gasteiger partial charge in [0.1, 0.15) is 0 Å². The predicted molar refractivity (Wildman–Crippen MR) is 106 cm³/mol. The summed E-state index contributed by atoms with van der Waals surface area (Å²) in [4.78, 5) is 25.9. The molecule has 2 aromatic rings. The second-order valence-corrected chi connectivity index (χ2v) is 7.39. The predicted octanol–water partition coefficient (Wildman–Crippen LogP) is 2.71. The molecule has 3 heterocycles. The highest BCUT2D eigenvalue weighted by atomic mass is 16.2. The molecular formula is C21H29N5O. The maximum absolute atomic E-state index is 13.1. The average Bonchev–Trinajstić information content (AvgIpc) is 2.68. The van der Waals surface area contributed by atoms with Gasteiger partial charge < -0.3 is 15.1 Å². The first-order valence-electron chi connectivity index (χ1n) is 9.66. The molecule has 0 aromatic carbocycles. The van der Waals surface area contributed by atoms with E-state index in [1.165, 1.54) is 0 Å². The van der Waals surface area contributed by atoms with Gasteiger partial charge in [0.2, 0.25) is 0 Å². The van der Waals surface area contributed by atoms with Crippen molar-refractivity contribution < 1.29 is 4.79 Å². The van der Waals surface area contributed by atoms with E-state index in [4.69, 9.17) is 0 Å². The van der Waals surface area contributed by atoms with Crippen LogP contribution in [0.1, 0.15) is 31.0 Å². The number of amides is 2. The van der Waals surface area contributed by atoms with Crippen LogP contribution in [-0.4, -0.2) is 58.0 Å². The van der Waals surface area contributed by atoms with Gasteiger partial charge >= 0.3 is 6.03 Å². The number of nitrogens with one attached hydrogen (secondary N) is 1. The molecule has 6 nitrogen and oxygen atoms in total. The number of hydrogen-bond donors (Lipinski definition) is 1. The minimum Gasteiger partial charge on any atom is -0.335 e. The van der Waals surface area contributed by atoms with Crippen LogP contribution in [0.4, 0.5) is 4.79 Å². The van der Waals surface area contributed by atoms with Crippen LogP contribution < -0.4 is 5.32 Å². The van der Waals surface area contributed by atoms with Gasteiger partial charge in [-0.1, -0.05) is 6.07 Å². The number of hydrogen-bond acceptors (Lipinski definition) is 4. The molecule has 1 saturated heterocycles. The highest BCUT2D eigenvalue weighted by molar-refractivity contribution is 5.75. The van der Waals surface area contributed by atoms with Crippen LogP contribution in [0.2, 0.25) is 0 Å². The molecule has 0 radical (unpaired) electrons. The Balaban J connectivity index is 1.66. The van der Waals surface area contributed by atoms with Gasteiger partial charge in [-0.15, -0.1) is 0 Å². The van der Waals surface area contributed by atoms with E-state index in [9.17, 15) is 4.79 Å². The smallest absolute Gasteiger partial charge is 0.318 e. The second kappa shape index (κ2) is 9.46. The quantitative estimate of drug-likeness (QED) is 0.853. The van der Waals surface area contributed by atoms with Crippen molar-refractivity contribution in [1.82, 2.24) is 25.1 Å². The number of nitrogens with zero attached hydrogens (tertiary/aromatic N) is 4. The lowest BCUT2D eigenvalue weighted by Crippen LogP contribution is -2.51. The lowest BCUT2D eigenvalue weighted by molar-refractivity contribution is 0.125. The first-order chi connectivity index (χ1) is 13.1. The van der Waals surface area contributed by atoms with Crippen molar-refractivity contribution >= 4 is 6.03 Å². The molecule has 1 aliphatic rings. The number of urea groups is 1. The molecule has 1 atom stereocenters. The summed E-state index contributed by atoms with van der Waals surface area (Å²) in [6, 6.07) is 10.1. The molecule has 0 spiro atoms. The van der Waals surface area contributed by atoms with Gasteiger partial charge in [0.05, 0.1) is 0 Å². The highest BCUT2D eigenvalue weighted by Crippen LogP contribution is 2.19. The fourth-order valence-corrected chi connectivity index (χ4v) is 3.54. The molecule has 6 heteroatoms. The van der Waals surface area contributed by atoms with Crippen molar-refractivity contribution in [3.05, 3.63) is 60.2 Å². The van der Waals surface area contributed by atoms with Gasteiger partial charge in [-0.3, -0.25) is 9.97 Å². The van der Waals surface area contributed by atoms with Gasteiger partial charge in [-0.05, 0) is 69.7 Å². The van der Waals surface area contributed by atoms with Gasteiger partial charge in [0.25, 0.3) is 0 Å². The number of rotatable bonds is 6. The Hall–Kier alpha value is -2.47. The lowest BCUT2D eigenvalue weighted by Gasteiger charge is -2.38. The Morgan fingerprint density at radius 1 is 1.22 bits per heavy atom. The summed E-state index contributed by atoms with van der Waals surface area (Å²) in [5, 5.41) is 3.17. The van der Waals surface area contributed by atoms with E-state index >= 15 is 0 Å². The third kappa shape index (κ3) is 5.76. The standard InChI is InChI=1S/C21H29N5O/c1-17(15-19-5-3-4-10-23-19)24-21(27)26(16-18-6-11-22-12-7-18)20-8-13-25(2)14-9-20/h3-7,10-12,17,20H,8-9,13-16H2,1-2H3,(H,24,27). The van der Waals surface area contributed by atoms with E-state index in [1.807, 2.05) is 42.2 Å². The fraction of sp³-hybridized carbons (Fsp3) is 0.476. The summed E-state index contributed by atoms with van der Waals surface area (Å²) in [5.74, 6) is 0. The zero-order valence-corrected chi connectivity index (χ0v) is 16.2. The van der Waals surface area contributed by atoms with Crippen LogP contribution in [0.3, 0.4) is 0 Å². The van der Waals surface area contributed by atoms with Crippen molar-refractivity contribution in [2.45, 2.75) is 44.8 Å². The van der Waals surface area contributed by atoms with Crippen LogP contribution in [0.25, 0.3) is 0 Å². The summed E-state index contributed by atoms with van der Waals surface area (Å²) in [6.07, 6.45) is 8.09. The minimum atomic E-state index is 0.00444. The van der Waals surface area contributed by atoms with E-state index in [0.717, 1.165) is 43.6 Å². The van der Waals surface area contributed by atoms with E-state index < -0.39 is 0 Å². The number of pyridine rings is 2. The van der Waals surface area contributed by atoms with Crippen LogP contribution >= 0.6 is 0 Å². The number of aromatic nitrogens is 2. The van der Waals surface area contributed by atoms with Gasteiger partial charge in [0, 0.05) is 49.3 Å². The molecule has 2 amide bonds. The van der Waals surface area contributed by atoms with E-state index in [2.05, 4.69) is 27.2 Å². The number of carbonyl (C=O) groups is 1. The van der Waals surface area contributed by atoms with Crippen molar-refractivity contribution in [2.75, 3.05) is 20.1 Å². The summed E-state index contributed by atoms with van der Waals surface area (Å²) in [7, 11) is 2.14. The minimum absolute atomic E-state index is 0.00444. The largest absolute Gasteiger partial charge is 0.335 e. The van der Waals surface area contributed by atoms with Crippen LogP contribution in [0.15, 0.2) is 48.9 Å². The zero-order valence-electron chi connectivity index (χ0n) is 16.2. The SMILES string of the molecule is CC(Cc1ccccn1)NC(=O)N(Cc1ccncc1)C1CCN(C)CC1. The molecule has 27 heavy (non-hydrogen) atoms. The van der Waals surface area contributed by atoms with Gasteiger partial charge in [-0.2, -0.15) is 0 Å². The molecule has 1 unspecified atom stereocenters. The molecule has 0 saturated carbocycles. The molecule has 1 aliphatic heterocycles. The maximum Gasteiger partial charge on any atom is 0.318 e. The Morgan fingerprint density at radius 3 is 2.63 bits per heavy atom. The number of carbonyl (C=O) groups excluding carboxylic acids is 1. The van der Waals surface area contributed by atoms with Crippen molar-refractivity contribution in [3.63, 3.8) is 0 Å². The second-order valence-electron chi connectivity index (χ2n) is 7.39. The van der Waals surface area contributed by atoms with E-state index in [1.54, 1.807) is 18.6 Å². The highest BCUT2D eigenvalue weighted by Gasteiger charge is 2.27. The molecule has 1 fully saturated rings. The van der Waals surface area contributed by atoms with Gasteiger partial charge in [0.15, 0.2) is 0 Å². The summed E-state index contributed by atoms with van der Waals surface area (Å²) < 4.78 is 0. The average molecular weight is 367 g/mol. The summed E-state index contributed by atoms with van der Waals surface area (Å²) in [6.45, 7) is 4.69. The van der Waals surface area contributed by atoms with Crippen molar-refractivity contribution in [2.24, 2.45) is 0 Å². The molecule has 0 bridgehead atoms. The first-order valence-corrected chi connectivity index (χ1v) is 9.66. The van der Waals surface area contributed by atoms with Crippen LogP contribution in [0.5, 0.6) is 0 Å². The van der Waals surface area contributed by atoms with Crippen LogP contribution in [0, 0.1) is 0 Å². The molecular weight excluding hydrogens is 338 g/mol. The van der Waals surface area contributed by atoms with Crippen molar-refractivity contribution in [1.29, 1.82) is 0 Å². The summed E-state index contributed by atoms with van der Waals surface area (Å²) in [5.41, 5.74) is 2.10. The normalized spacial score (nSPS) is 16.7. The third-order valence-corrected chi connectivity index (χ3v) is 5.10. The molecule has 3 rings (SSSR count). The molecule has 144 valence electrons. The van der Waals surface area contributed by atoms with Crippen molar-refractivity contribution in [3.8, 4) is 0 Å². The van der Waals surface area contributed by atoms with E-state index in [-0.39, 0.29) is 18.1 Å². The topological polar surface area (TPSA) is 61.4 Å². The monoisotopic (exact) mass is 367 g/mol. The Bertz CT molecular complexity index is 701. The van der Waals surface area contributed by atoms with Crippen LogP contribution in [-0.2, 0) is 13.0 Å². The van der Waals surface area contributed by atoms with Gasteiger partial charge in [-0.25, -0.2) is 4.79 Å². The Morgan fingerprint density at radius 2 is 1.96 bits per heavy atom. The first kappa shape index (κ1) is 19.3. The zero-order chi connectivity index (χ0) is 19.1. The number of piperidine rings is 1. The third-order valence-electron chi connectivity index (χ3n) is 5.10. The lowest BCUT2D eigenvalue weighted by atomic mass is 10.0. The molecule has 2 aromatic heterocycles. The number of likely N-dealkylation sites (tertiary alicyclic amines) is 1. The van der Waals surface area contributed by atoms with E-state index in [0.29, 0.717) is 6.54 Å². The Kier molecular flexibility index (Phi) is 6.76. The molecule has 1 N–H and O–H groups in total. The maximum atomic E-state index is 13.1. The molecule has 0 aliphatic carbocycles. The summed E-state index contributed by atoms with van der Waals surface area (Å²) >= 11 is 0. The fourth-order valence-electron chi connectivity index (χ4n) is 3.54. The Labute approximate surface area is 161 Å².